The Balaban J connectivity index is 0.00000196. The van der Waals surface area contributed by atoms with Crippen LogP contribution in [0.2, 0.25) is 0 Å². The summed E-state index contributed by atoms with van der Waals surface area (Å²) in [5.41, 5.74) is 7.07. The van der Waals surface area contributed by atoms with Crippen molar-refractivity contribution < 1.29 is 4.42 Å². The zero-order valence-corrected chi connectivity index (χ0v) is 17.9. The molecule has 7 nitrogen and oxygen atoms in total. The van der Waals surface area contributed by atoms with Crippen LogP contribution in [0.15, 0.2) is 44.8 Å². The number of rotatable bonds is 4. The van der Waals surface area contributed by atoms with Gasteiger partial charge in [0.15, 0.2) is 21.9 Å². The fourth-order valence-electron chi connectivity index (χ4n) is 2.65. The molecule has 4 heterocycles. The molecule has 0 radical (unpaired) electrons. The van der Waals surface area contributed by atoms with E-state index < -0.39 is 0 Å². The van der Waals surface area contributed by atoms with E-state index in [-0.39, 0.29) is 24.0 Å². The maximum absolute atomic E-state index is 6.16. The van der Waals surface area contributed by atoms with E-state index >= 15 is 0 Å². The molecule has 1 aliphatic rings. The highest BCUT2D eigenvalue weighted by Crippen LogP contribution is 2.24. The zero-order chi connectivity index (χ0) is 17.1. The molecule has 2 N–H and O–H groups in total. The molecule has 3 aromatic heterocycles. The fourth-order valence-corrected chi connectivity index (χ4v) is 4.13. The summed E-state index contributed by atoms with van der Waals surface area (Å²) in [5, 5.41) is 5.94. The summed E-state index contributed by atoms with van der Waals surface area (Å²) >= 11 is 3.22. The van der Waals surface area contributed by atoms with Crippen molar-refractivity contribution >= 4 is 57.7 Å². The summed E-state index contributed by atoms with van der Waals surface area (Å²) in [6, 6.07) is 3.76. The molecule has 0 amide bonds. The van der Waals surface area contributed by atoms with E-state index in [1.54, 1.807) is 28.9 Å². The van der Waals surface area contributed by atoms with Crippen LogP contribution in [-0.2, 0) is 6.54 Å². The number of hydrogen-bond donors (Lipinski definition) is 1. The molecule has 0 aliphatic carbocycles. The molecule has 138 valence electrons. The highest BCUT2D eigenvalue weighted by atomic mass is 127. The number of nitrogens with zero attached hydrogens (tertiary/aromatic N) is 5. The first-order chi connectivity index (χ1) is 12.3. The van der Waals surface area contributed by atoms with Crippen molar-refractivity contribution in [3.63, 3.8) is 0 Å². The van der Waals surface area contributed by atoms with Crippen molar-refractivity contribution in [3.8, 4) is 10.8 Å². The minimum atomic E-state index is 0. The Bertz CT molecular complexity index is 825. The molecule has 26 heavy (non-hydrogen) atoms. The van der Waals surface area contributed by atoms with E-state index in [1.807, 2.05) is 29.1 Å². The van der Waals surface area contributed by atoms with Crippen molar-refractivity contribution in [3.05, 3.63) is 41.0 Å². The number of aromatic nitrogens is 2. The molecular weight excluding hydrogens is 483 g/mol. The zero-order valence-electron chi connectivity index (χ0n) is 13.9. The molecule has 1 fully saturated rings. The van der Waals surface area contributed by atoms with E-state index in [0.717, 1.165) is 47.8 Å². The number of piperazine rings is 1. The Morgan fingerprint density at radius 3 is 2.81 bits per heavy atom. The van der Waals surface area contributed by atoms with E-state index in [1.165, 1.54) is 0 Å². The number of guanidine groups is 1. The number of furan rings is 1. The van der Waals surface area contributed by atoms with Gasteiger partial charge in [-0.15, -0.1) is 46.7 Å². The van der Waals surface area contributed by atoms with Gasteiger partial charge in [-0.05, 0) is 12.1 Å². The van der Waals surface area contributed by atoms with Crippen LogP contribution >= 0.6 is 46.7 Å². The molecule has 4 rings (SSSR count). The number of hydrogen-bond acceptors (Lipinski definition) is 7. The number of aliphatic imine (C=N–C) groups is 1. The standard InChI is InChI=1S/C16H18N6OS2.HI/c17-15(21-4-6-22(7-5-21)16-18-3-9-24-16)19-10-12-11-25-14(20-12)13-2-1-8-23-13;/h1-3,8-9,11H,4-7,10H2,(H2,17,19);1H. The van der Waals surface area contributed by atoms with Gasteiger partial charge in [-0.3, -0.25) is 0 Å². The first kappa shape index (κ1) is 19.1. The second-order valence-corrected chi connectivity index (χ2v) is 7.32. The Morgan fingerprint density at radius 1 is 1.27 bits per heavy atom. The quantitative estimate of drug-likeness (QED) is 0.336. The summed E-state index contributed by atoms with van der Waals surface area (Å²) in [6.45, 7) is 4.00. The number of thiazole rings is 2. The Hall–Kier alpha value is -1.66. The van der Waals surface area contributed by atoms with Crippen molar-refractivity contribution in [1.29, 1.82) is 0 Å². The van der Waals surface area contributed by atoms with Crippen LogP contribution in [0.3, 0.4) is 0 Å². The van der Waals surface area contributed by atoms with Gasteiger partial charge in [0.05, 0.1) is 18.5 Å². The molecule has 3 aromatic rings. The second-order valence-electron chi connectivity index (χ2n) is 5.58. The molecule has 0 spiro atoms. The molecule has 0 bridgehead atoms. The Morgan fingerprint density at radius 2 is 2.12 bits per heavy atom. The highest BCUT2D eigenvalue weighted by molar-refractivity contribution is 14.0. The highest BCUT2D eigenvalue weighted by Gasteiger charge is 2.19. The third kappa shape index (κ3) is 4.35. The van der Waals surface area contributed by atoms with Gasteiger partial charge in [0.1, 0.15) is 0 Å². The number of nitrogens with two attached hydrogens (primary N) is 1. The summed E-state index contributed by atoms with van der Waals surface area (Å²) in [6.07, 6.45) is 3.49. The monoisotopic (exact) mass is 502 g/mol. The van der Waals surface area contributed by atoms with Crippen molar-refractivity contribution in [2.75, 3.05) is 31.1 Å². The van der Waals surface area contributed by atoms with Crippen LogP contribution in [-0.4, -0.2) is 47.0 Å². The molecule has 0 unspecified atom stereocenters. The lowest BCUT2D eigenvalue weighted by molar-refractivity contribution is 0.380. The SMILES string of the molecule is I.NC(=NCc1csc(-c2ccco2)n1)N1CCN(c2nccs2)CC1. The van der Waals surface area contributed by atoms with Gasteiger partial charge in [0.2, 0.25) is 0 Å². The van der Waals surface area contributed by atoms with Gasteiger partial charge in [0, 0.05) is 43.1 Å². The van der Waals surface area contributed by atoms with Crippen LogP contribution < -0.4 is 10.6 Å². The van der Waals surface area contributed by atoms with Crippen LogP contribution in [0.1, 0.15) is 5.69 Å². The lowest BCUT2D eigenvalue weighted by Crippen LogP contribution is -2.51. The third-order valence-corrected chi connectivity index (χ3v) is 5.72. The summed E-state index contributed by atoms with van der Waals surface area (Å²) in [4.78, 5) is 17.8. The van der Waals surface area contributed by atoms with Crippen LogP contribution in [0.4, 0.5) is 5.13 Å². The minimum Gasteiger partial charge on any atom is -0.462 e. The van der Waals surface area contributed by atoms with Crippen LogP contribution in [0, 0.1) is 0 Å². The van der Waals surface area contributed by atoms with E-state index in [2.05, 4.69) is 24.8 Å². The lowest BCUT2D eigenvalue weighted by Gasteiger charge is -2.35. The largest absolute Gasteiger partial charge is 0.462 e. The minimum absolute atomic E-state index is 0. The average molecular weight is 502 g/mol. The smallest absolute Gasteiger partial charge is 0.191 e. The topological polar surface area (TPSA) is 83.8 Å². The maximum Gasteiger partial charge on any atom is 0.191 e. The van der Waals surface area contributed by atoms with E-state index in [9.17, 15) is 0 Å². The molecule has 0 aromatic carbocycles. The lowest BCUT2D eigenvalue weighted by atomic mass is 10.3. The van der Waals surface area contributed by atoms with Gasteiger partial charge >= 0.3 is 0 Å². The first-order valence-electron chi connectivity index (χ1n) is 7.97. The normalized spacial score (nSPS) is 15.2. The van der Waals surface area contributed by atoms with Crippen LogP contribution in [0.25, 0.3) is 10.8 Å². The van der Waals surface area contributed by atoms with Gasteiger partial charge in [-0.25, -0.2) is 15.0 Å². The number of anilines is 1. The van der Waals surface area contributed by atoms with Crippen molar-refractivity contribution in [2.45, 2.75) is 6.54 Å². The van der Waals surface area contributed by atoms with Crippen molar-refractivity contribution in [1.82, 2.24) is 14.9 Å². The van der Waals surface area contributed by atoms with Gasteiger partial charge in [-0.2, -0.15) is 0 Å². The Kier molecular flexibility index (Phi) is 6.48. The molecule has 1 aliphatic heterocycles. The summed E-state index contributed by atoms with van der Waals surface area (Å²) in [5.74, 6) is 1.36. The fraction of sp³-hybridized carbons (Fsp3) is 0.312. The maximum atomic E-state index is 6.16. The van der Waals surface area contributed by atoms with Gasteiger partial charge in [-0.1, -0.05) is 0 Å². The average Bonchev–Trinajstić information content (AvgIpc) is 3.42. The van der Waals surface area contributed by atoms with E-state index in [0.29, 0.717) is 12.5 Å². The Labute approximate surface area is 176 Å². The number of halogens is 1. The molecule has 0 atom stereocenters. The first-order valence-corrected chi connectivity index (χ1v) is 9.73. The van der Waals surface area contributed by atoms with Gasteiger partial charge < -0.3 is 20.0 Å². The predicted octanol–water partition coefficient (Wildman–Crippen LogP) is 3.11. The van der Waals surface area contributed by atoms with Crippen LogP contribution in [0.5, 0.6) is 0 Å². The van der Waals surface area contributed by atoms with Crippen molar-refractivity contribution in [2.24, 2.45) is 10.7 Å². The summed E-state index contributed by atoms with van der Waals surface area (Å²) < 4.78 is 5.36. The second kappa shape index (κ2) is 8.82. The van der Waals surface area contributed by atoms with Gasteiger partial charge in [0.25, 0.3) is 0 Å². The molecule has 1 saturated heterocycles. The molecular formula is C16H19IN6OS2. The predicted molar refractivity (Wildman–Crippen MR) is 116 cm³/mol. The molecule has 0 saturated carbocycles. The summed E-state index contributed by atoms with van der Waals surface area (Å²) in [7, 11) is 0. The molecule has 10 heteroatoms. The van der Waals surface area contributed by atoms with E-state index in [4.69, 9.17) is 10.2 Å². The third-order valence-electron chi connectivity index (χ3n) is 3.98.